The molecule has 0 atom stereocenters. The number of nitrogens with zero attached hydrogens (tertiary/aromatic N) is 1. The van der Waals surface area contributed by atoms with E-state index in [1.54, 1.807) is 0 Å². The van der Waals surface area contributed by atoms with E-state index in [1.807, 2.05) is 0 Å². The zero-order valence-corrected chi connectivity index (χ0v) is 5.58. The fourth-order valence-corrected chi connectivity index (χ4v) is 1.02. The predicted octanol–water partition coefficient (Wildman–Crippen LogP) is -0.273. The van der Waals surface area contributed by atoms with Gasteiger partial charge in [0.15, 0.2) is 0 Å². The van der Waals surface area contributed by atoms with Crippen molar-refractivity contribution in [2.75, 3.05) is 13.1 Å². The van der Waals surface area contributed by atoms with Crippen LogP contribution in [0.1, 0.15) is 12.8 Å². The average molecular weight is 167 g/mol. The van der Waals surface area contributed by atoms with E-state index in [9.17, 15) is 9.59 Å². The molecular formula is C6H10NNaO3. The summed E-state index contributed by atoms with van der Waals surface area (Å²) in [4.78, 5) is 21.9. The summed E-state index contributed by atoms with van der Waals surface area (Å²) in [5.74, 6) is 0. The maximum absolute atomic E-state index is 10.7. The fourth-order valence-electron chi connectivity index (χ4n) is 1.02. The number of amides is 1. The van der Waals surface area contributed by atoms with Gasteiger partial charge in [0.25, 0.3) is 0 Å². The van der Waals surface area contributed by atoms with Crippen LogP contribution in [-0.4, -0.2) is 60.1 Å². The topological polar surface area (TPSA) is 46.6 Å². The number of carbonyl (C=O) groups is 2. The van der Waals surface area contributed by atoms with Gasteiger partial charge in [0, 0.05) is 13.1 Å². The molecule has 0 aromatic carbocycles. The SMILES string of the molecule is O=COC(=O)N1CCCC1.[NaH]. The van der Waals surface area contributed by atoms with Gasteiger partial charge in [-0.3, -0.25) is 4.79 Å². The van der Waals surface area contributed by atoms with Crippen molar-refractivity contribution in [3.05, 3.63) is 0 Å². The monoisotopic (exact) mass is 167 g/mol. The summed E-state index contributed by atoms with van der Waals surface area (Å²) in [6, 6.07) is 0. The van der Waals surface area contributed by atoms with Crippen LogP contribution in [0, 0.1) is 0 Å². The molecule has 0 unspecified atom stereocenters. The van der Waals surface area contributed by atoms with Gasteiger partial charge in [-0.05, 0) is 12.8 Å². The Kier molecular flexibility index (Phi) is 5.54. The Labute approximate surface area is 87.2 Å². The van der Waals surface area contributed by atoms with Crippen LogP contribution in [0.25, 0.3) is 0 Å². The van der Waals surface area contributed by atoms with E-state index in [-0.39, 0.29) is 36.0 Å². The van der Waals surface area contributed by atoms with Gasteiger partial charge in [-0.15, -0.1) is 0 Å². The molecule has 0 bridgehead atoms. The van der Waals surface area contributed by atoms with E-state index in [0.717, 1.165) is 12.8 Å². The Bertz CT molecular complexity index is 145. The Morgan fingerprint density at radius 3 is 2.36 bits per heavy atom. The number of ether oxygens (including phenoxy) is 1. The van der Waals surface area contributed by atoms with Gasteiger partial charge in [-0.1, -0.05) is 0 Å². The van der Waals surface area contributed by atoms with E-state index in [1.165, 1.54) is 4.90 Å². The second-order valence-electron chi connectivity index (χ2n) is 2.17. The van der Waals surface area contributed by atoms with Crippen molar-refractivity contribution < 1.29 is 14.3 Å². The molecule has 0 aliphatic carbocycles. The number of likely N-dealkylation sites (tertiary alicyclic amines) is 1. The molecule has 58 valence electrons. The van der Waals surface area contributed by atoms with E-state index >= 15 is 0 Å². The molecule has 11 heavy (non-hydrogen) atoms. The minimum absolute atomic E-state index is 0. The van der Waals surface area contributed by atoms with Crippen molar-refractivity contribution in [2.45, 2.75) is 12.8 Å². The molecule has 1 heterocycles. The molecule has 1 saturated heterocycles. The zero-order valence-electron chi connectivity index (χ0n) is 5.58. The van der Waals surface area contributed by atoms with Crippen LogP contribution >= 0.6 is 0 Å². The summed E-state index contributed by atoms with van der Waals surface area (Å²) in [7, 11) is 0. The summed E-state index contributed by atoms with van der Waals surface area (Å²) < 4.78 is 4.13. The van der Waals surface area contributed by atoms with Crippen molar-refractivity contribution >= 4 is 42.1 Å². The van der Waals surface area contributed by atoms with Crippen LogP contribution in [0.4, 0.5) is 4.79 Å². The Morgan fingerprint density at radius 2 is 1.91 bits per heavy atom. The molecule has 0 saturated carbocycles. The molecule has 0 N–H and O–H groups in total. The number of hydrogen-bond donors (Lipinski definition) is 0. The average Bonchev–Trinajstić information content (AvgIpc) is 2.38. The van der Waals surface area contributed by atoms with E-state index in [4.69, 9.17) is 0 Å². The molecule has 1 fully saturated rings. The van der Waals surface area contributed by atoms with Crippen LogP contribution in [0.15, 0.2) is 0 Å². The molecule has 1 aliphatic heterocycles. The normalized spacial score (nSPS) is 15.5. The summed E-state index contributed by atoms with van der Waals surface area (Å²) in [5.41, 5.74) is 0. The maximum atomic E-state index is 10.7. The van der Waals surface area contributed by atoms with Gasteiger partial charge in [0.1, 0.15) is 0 Å². The first kappa shape index (κ1) is 10.9. The van der Waals surface area contributed by atoms with E-state index in [0.29, 0.717) is 13.1 Å². The van der Waals surface area contributed by atoms with Crippen LogP contribution in [0.5, 0.6) is 0 Å². The van der Waals surface area contributed by atoms with Crippen molar-refractivity contribution in [2.24, 2.45) is 0 Å². The van der Waals surface area contributed by atoms with Crippen LogP contribution in [-0.2, 0) is 9.53 Å². The van der Waals surface area contributed by atoms with Gasteiger partial charge in [0.2, 0.25) is 0 Å². The summed E-state index contributed by atoms with van der Waals surface area (Å²) in [5, 5.41) is 0. The molecular weight excluding hydrogens is 157 g/mol. The molecule has 1 rings (SSSR count). The minimum atomic E-state index is -0.521. The van der Waals surface area contributed by atoms with Gasteiger partial charge >= 0.3 is 42.1 Å². The van der Waals surface area contributed by atoms with Crippen LogP contribution in [0.2, 0.25) is 0 Å². The van der Waals surface area contributed by atoms with Crippen LogP contribution in [0.3, 0.4) is 0 Å². The molecule has 0 spiro atoms. The van der Waals surface area contributed by atoms with Crippen molar-refractivity contribution in [3.8, 4) is 0 Å². The fraction of sp³-hybridized carbons (Fsp3) is 0.667. The number of carbonyl (C=O) groups excluding carboxylic acids is 2. The molecule has 1 amide bonds. The summed E-state index contributed by atoms with van der Waals surface area (Å²) in [6.07, 6.45) is 1.49. The van der Waals surface area contributed by atoms with Gasteiger partial charge in [-0.25, -0.2) is 4.79 Å². The van der Waals surface area contributed by atoms with Crippen molar-refractivity contribution in [1.82, 2.24) is 4.90 Å². The first-order valence-corrected chi connectivity index (χ1v) is 3.24. The third-order valence-corrected chi connectivity index (χ3v) is 1.51. The quantitative estimate of drug-likeness (QED) is 0.307. The zero-order chi connectivity index (χ0) is 7.40. The third kappa shape index (κ3) is 3.22. The van der Waals surface area contributed by atoms with Gasteiger partial charge < -0.3 is 9.64 Å². The number of rotatable bonds is 1. The first-order valence-electron chi connectivity index (χ1n) is 3.24. The van der Waals surface area contributed by atoms with Crippen LogP contribution < -0.4 is 0 Å². The van der Waals surface area contributed by atoms with Gasteiger partial charge in [-0.2, -0.15) is 0 Å². The van der Waals surface area contributed by atoms with E-state index in [2.05, 4.69) is 4.74 Å². The van der Waals surface area contributed by atoms with Gasteiger partial charge in [0.05, 0.1) is 0 Å². The standard InChI is InChI=1S/C6H9NO3.Na.H/c8-5-10-6(9)7-3-1-2-4-7;;/h5H,1-4H2;;. The molecule has 1 aliphatic rings. The predicted molar refractivity (Wildman–Crippen MR) is 40.5 cm³/mol. The Morgan fingerprint density at radius 1 is 1.36 bits per heavy atom. The molecule has 5 heteroatoms. The second kappa shape index (κ2) is 5.57. The second-order valence-corrected chi connectivity index (χ2v) is 2.17. The Hall–Kier alpha value is -0.0600. The molecule has 0 aromatic rings. The Balaban J connectivity index is 0.000001000. The van der Waals surface area contributed by atoms with Crippen molar-refractivity contribution in [1.29, 1.82) is 0 Å². The van der Waals surface area contributed by atoms with E-state index < -0.39 is 6.09 Å². The summed E-state index contributed by atoms with van der Waals surface area (Å²) in [6.45, 7) is 1.60. The first-order chi connectivity index (χ1) is 4.84. The third-order valence-electron chi connectivity index (χ3n) is 1.51. The molecule has 4 nitrogen and oxygen atoms in total. The molecule has 0 aromatic heterocycles. The summed E-state index contributed by atoms with van der Waals surface area (Å²) >= 11 is 0. The number of hydrogen-bond acceptors (Lipinski definition) is 3. The molecule has 0 radical (unpaired) electrons. The van der Waals surface area contributed by atoms with Crippen molar-refractivity contribution in [3.63, 3.8) is 0 Å².